The van der Waals surface area contributed by atoms with Gasteiger partial charge in [-0.25, -0.2) is 0 Å². The summed E-state index contributed by atoms with van der Waals surface area (Å²) < 4.78 is 0. The second-order valence-corrected chi connectivity index (χ2v) is 9.55. The third-order valence-electron chi connectivity index (χ3n) is 6.33. The number of carbonyl (C=O) groups is 2. The van der Waals surface area contributed by atoms with Crippen molar-refractivity contribution in [3.05, 3.63) is 40.1 Å². The van der Waals surface area contributed by atoms with Gasteiger partial charge < -0.3 is 10.6 Å². The second-order valence-electron chi connectivity index (χ2n) is 8.47. The van der Waals surface area contributed by atoms with Gasteiger partial charge in [0.25, 0.3) is 5.91 Å². The molecule has 0 bridgehead atoms. The molecule has 2 aliphatic rings. The van der Waals surface area contributed by atoms with Crippen molar-refractivity contribution in [3.63, 3.8) is 0 Å². The molecule has 0 unspecified atom stereocenters. The number of rotatable bonds is 7. The highest BCUT2D eigenvalue weighted by atomic mass is 32.1. The van der Waals surface area contributed by atoms with E-state index in [2.05, 4.69) is 22.5 Å². The van der Waals surface area contributed by atoms with Crippen LogP contribution >= 0.6 is 11.3 Å². The monoisotopic (exact) mass is 440 g/mol. The van der Waals surface area contributed by atoms with Crippen molar-refractivity contribution < 1.29 is 9.59 Å². The molecule has 31 heavy (non-hydrogen) atoms. The first-order chi connectivity index (χ1) is 15.1. The Morgan fingerprint density at radius 3 is 2.81 bits per heavy atom. The summed E-state index contributed by atoms with van der Waals surface area (Å²) in [6.45, 7) is 8.54. The van der Waals surface area contributed by atoms with Gasteiger partial charge in [0.15, 0.2) is 0 Å². The lowest BCUT2D eigenvalue weighted by molar-refractivity contribution is -0.119. The van der Waals surface area contributed by atoms with Gasteiger partial charge in [-0.05, 0) is 76.8 Å². The van der Waals surface area contributed by atoms with Crippen molar-refractivity contribution in [3.8, 4) is 0 Å². The van der Waals surface area contributed by atoms with Crippen molar-refractivity contribution in [2.75, 3.05) is 42.9 Å². The van der Waals surface area contributed by atoms with E-state index >= 15 is 0 Å². The lowest BCUT2D eigenvalue weighted by Gasteiger charge is -2.33. The van der Waals surface area contributed by atoms with Crippen LogP contribution in [-0.2, 0) is 4.79 Å². The molecule has 0 spiro atoms. The molecule has 2 amide bonds. The Morgan fingerprint density at radius 2 is 2.03 bits per heavy atom. The van der Waals surface area contributed by atoms with Crippen molar-refractivity contribution >= 4 is 40.2 Å². The fraction of sp³-hybridized carbons (Fsp3) is 0.500. The second kappa shape index (κ2) is 9.94. The van der Waals surface area contributed by atoms with Crippen LogP contribution in [0.3, 0.4) is 0 Å². The number of amides is 2. The van der Waals surface area contributed by atoms with Gasteiger partial charge in [0, 0.05) is 10.3 Å². The Kier molecular flexibility index (Phi) is 7.05. The third-order valence-corrected chi connectivity index (χ3v) is 7.24. The Bertz CT molecular complexity index is 933. The molecule has 0 saturated carbocycles. The van der Waals surface area contributed by atoms with Gasteiger partial charge in [0.05, 0.1) is 29.2 Å². The number of likely N-dealkylation sites (tertiary alicyclic amines) is 1. The van der Waals surface area contributed by atoms with Gasteiger partial charge in [-0.15, -0.1) is 11.3 Å². The summed E-state index contributed by atoms with van der Waals surface area (Å²) in [7, 11) is 0. The van der Waals surface area contributed by atoms with Gasteiger partial charge in [-0.1, -0.05) is 19.1 Å². The summed E-state index contributed by atoms with van der Waals surface area (Å²) in [5.74, 6) is 0.634. The number of para-hydroxylation sites is 2. The molecule has 2 aromatic rings. The van der Waals surface area contributed by atoms with Gasteiger partial charge in [0.1, 0.15) is 0 Å². The topological polar surface area (TPSA) is 64.7 Å². The molecule has 0 atom stereocenters. The number of nitrogens with one attached hydrogen (secondary N) is 2. The van der Waals surface area contributed by atoms with E-state index in [4.69, 9.17) is 0 Å². The van der Waals surface area contributed by atoms with Crippen LogP contribution < -0.4 is 15.5 Å². The lowest BCUT2D eigenvalue weighted by Crippen LogP contribution is -2.42. The number of carbonyl (C=O) groups excluding carboxylic acids is 2. The fourth-order valence-electron chi connectivity index (χ4n) is 4.62. The van der Waals surface area contributed by atoms with Crippen molar-refractivity contribution in [1.82, 2.24) is 10.2 Å². The number of fused-ring (bicyclic) bond motifs is 2. The molecular weight excluding hydrogens is 408 g/mol. The highest BCUT2D eigenvalue weighted by Crippen LogP contribution is 2.42. The zero-order valence-electron chi connectivity index (χ0n) is 18.4. The molecule has 1 fully saturated rings. The predicted molar refractivity (Wildman–Crippen MR) is 128 cm³/mol. The summed E-state index contributed by atoms with van der Waals surface area (Å²) in [5.41, 5.74) is 2.74. The van der Waals surface area contributed by atoms with E-state index in [0.29, 0.717) is 17.8 Å². The molecule has 0 radical (unpaired) electrons. The highest BCUT2D eigenvalue weighted by Gasteiger charge is 2.33. The number of nitrogens with zero attached hydrogens (tertiary/aromatic N) is 2. The zero-order chi connectivity index (χ0) is 21.8. The van der Waals surface area contributed by atoms with E-state index in [-0.39, 0.29) is 11.8 Å². The highest BCUT2D eigenvalue weighted by molar-refractivity contribution is 7.11. The molecule has 1 aromatic heterocycles. The van der Waals surface area contributed by atoms with Crippen LogP contribution in [0.15, 0.2) is 29.6 Å². The predicted octanol–water partition coefficient (Wildman–Crippen LogP) is 4.39. The summed E-state index contributed by atoms with van der Waals surface area (Å²) >= 11 is 1.51. The largest absolute Gasteiger partial charge is 0.320 e. The molecule has 2 N–H and O–H groups in total. The number of hydrogen-bond donors (Lipinski definition) is 2. The molecule has 4 rings (SSSR count). The molecule has 1 saturated heterocycles. The summed E-state index contributed by atoms with van der Waals surface area (Å²) in [4.78, 5) is 31.3. The van der Waals surface area contributed by atoms with Crippen LogP contribution in [0.25, 0.3) is 0 Å². The molecule has 1 aromatic carbocycles. The maximum absolute atomic E-state index is 13.6. The minimum atomic E-state index is -0.152. The Morgan fingerprint density at radius 1 is 1.26 bits per heavy atom. The maximum atomic E-state index is 13.6. The fourth-order valence-corrected chi connectivity index (χ4v) is 5.44. The minimum Gasteiger partial charge on any atom is -0.320 e. The smallest absolute Gasteiger partial charge is 0.258 e. The summed E-state index contributed by atoms with van der Waals surface area (Å²) in [6, 6.07) is 7.57. The number of aryl methyl sites for hydroxylation is 1. The van der Waals surface area contributed by atoms with E-state index in [9.17, 15) is 9.59 Å². The standard InChI is InChI=1S/C24H32N4O2S/c1-3-25-12-6-7-18-10-13-27(14-11-18)15-22(29)28-21-9-5-4-8-20(21)26-24(30)19-16-31-17(2)23(19)28/h4-5,8-9,16,18,25H,3,6-7,10-15H2,1-2H3,(H,26,30). The van der Waals surface area contributed by atoms with E-state index in [1.54, 1.807) is 4.90 Å². The average molecular weight is 441 g/mol. The van der Waals surface area contributed by atoms with Gasteiger partial charge in [-0.3, -0.25) is 19.4 Å². The van der Waals surface area contributed by atoms with E-state index in [0.717, 1.165) is 61.2 Å². The van der Waals surface area contributed by atoms with Crippen LogP contribution in [-0.4, -0.2) is 49.4 Å². The number of anilines is 3. The molecule has 6 nitrogen and oxygen atoms in total. The van der Waals surface area contributed by atoms with E-state index in [1.165, 1.54) is 24.2 Å². The Hall–Kier alpha value is -2.22. The first-order valence-corrected chi connectivity index (χ1v) is 12.2. The lowest BCUT2D eigenvalue weighted by atomic mass is 9.92. The van der Waals surface area contributed by atoms with Crippen molar-refractivity contribution in [2.45, 2.75) is 39.5 Å². The van der Waals surface area contributed by atoms with Gasteiger partial charge in [0.2, 0.25) is 5.91 Å². The first kappa shape index (κ1) is 22.0. The van der Waals surface area contributed by atoms with Crippen molar-refractivity contribution in [1.29, 1.82) is 0 Å². The minimum absolute atomic E-state index is 0.0253. The van der Waals surface area contributed by atoms with E-state index < -0.39 is 0 Å². The zero-order valence-corrected chi connectivity index (χ0v) is 19.3. The van der Waals surface area contributed by atoms with Gasteiger partial charge >= 0.3 is 0 Å². The SMILES string of the molecule is CCNCCCC1CCN(CC(=O)N2c3ccccc3NC(=O)c3csc(C)c32)CC1. The molecule has 0 aliphatic carbocycles. The van der Waals surface area contributed by atoms with Crippen LogP contribution in [0, 0.1) is 12.8 Å². The summed E-state index contributed by atoms with van der Waals surface area (Å²) in [5, 5.41) is 8.22. The number of piperidine rings is 1. The summed E-state index contributed by atoms with van der Waals surface area (Å²) in [6.07, 6.45) is 4.79. The Balaban J connectivity index is 1.46. The Labute approximate surface area is 188 Å². The maximum Gasteiger partial charge on any atom is 0.258 e. The van der Waals surface area contributed by atoms with Crippen molar-refractivity contribution in [2.24, 2.45) is 5.92 Å². The molecule has 3 heterocycles. The van der Waals surface area contributed by atoms with Gasteiger partial charge in [-0.2, -0.15) is 0 Å². The number of benzene rings is 1. The number of thiophene rings is 1. The number of hydrogen-bond acceptors (Lipinski definition) is 5. The van der Waals surface area contributed by atoms with Crippen LogP contribution in [0.1, 0.15) is 47.8 Å². The first-order valence-electron chi connectivity index (χ1n) is 11.3. The molecule has 2 aliphatic heterocycles. The van der Waals surface area contributed by atoms with Crippen LogP contribution in [0.2, 0.25) is 0 Å². The third kappa shape index (κ3) is 4.84. The quantitative estimate of drug-likeness (QED) is 0.627. The van der Waals surface area contributed by atoms with Crippen LogP contribution in [0.4, 0.5) is 17.1 Å². The normalized spacial score (nSPS) is 17.1. The molecule has 166 valence electrons. The molecular formula is C24H32N4O2S. The van der Waals surface area contributed by atoms with E-state index in [1.807, 2.05) is 36.6 Å². The van der Waals surface area contributed by atoms with Crippen LogP contribution in [0.5, 0.6) is 0 Å². The average Bonchev–Trinajstić information content (AvgIpc) is 3.09. The molecule has 7 heteroatoms.